The van der Waals surface area contributed by atoms with Crippen molar-refractivity contribution in [2.45, 2.75) is 4.90 Å². The van der Waals surface area contributed by atoms with E-state index < -0.39 is 15.8 Å². The molecule has 25 heavy (non-hydrogen) atoms. The van der Waals surface area contributed by atoms with Crippen molar-refractivity contribution < 1.29 is 12.8 Å². The lowest BCUT2D eigenvalue weighted by Crippen LogP contribution is -2.13. The Morgan fingerprint density at radius 2 is 1.72 bits per heavy atom. The van der Waals surface area contributed by atoms with Gasteiger partial charge < -0.3 is 0 Å². The molecule has 0 aliphatic rings. The number of hydrogen-bond donors (Lipinski definition) is 1. The monoisotopic (exact) mass is 419 g/mol. The predicted molar refractivity (Wildman–Crippen MR) is 95.8 cm³/mol. The van der Waals surface area contributed by atoms with Crippen molar-refractivity contribution in [2.75, 3.05) is 4.72 Å². The molecule has 130 valence electrons. The van der Waals surface area contributed by atoms with E-state index in [2.05, 4.69) is 9.71 Å². The number of nitrogens with one attached hydrogen (secondary N) is 1. The molecule has 0 fully saturated rings. The number of anilines is 1. The summed E-state index contributed by atoms with van der Waals surface area (Å²) >= 11 is 17.6. The van der Waals surface area contributed by atoms with E-state index in [1.165, 1.54) is 18.5 Å². The molecule has 0 amide bonds. The maximum absolute atomic E-state index is 13.1. The molecule has 2 aromatic carbocycles. The van der Waals surface area contributed by atoms with Crippen LogP contribution in [0.3, 0.4) is 0 Å². The van der Waals surface area contributed by atoms with Crippen molar-refractivity contribution in [3.63, 3.8) is 0 Å². The van der Waals surface area contributed by atoms with Gasteiger partial charge in [0.05, 0.1) is 5.02 Å². The molecule has 3 rings (SSSR count). The summed E-state index contributed by atoms with van der Waals surface area (Å²) in [6.07, 6.45) is 1.45. The van der Waals surface area contributed by atoms with Gasteiger partial charge in [0.15, 0.2) is 10.3 Å². The first-order chi connectivity index (χ1) is 11.8. The number of benzene rings is 2. The van der Waals surface area contributed by atoms with Crippen LogP contribution in [0.4, 0.5) is 10.1 Å². The molecule has 10 heteroatoms. The number of halogens is 4. The molecule has 1 N–H and O–H groups in total. The Morgan fingerprint density at radius 1 is 1.04 bits per heavy atom. The number of rotatable bonds is 4. The summed E-state index contributed by atoms with van der Waals surface area (Å²) in [6, 6.07) is 9.39. The molecule has 1 aromatic heterocycles. The predicted octanol–water partition coefficient (Wildman–Crippen LogP) is 4.77. The van der Waals surface area contributed by atoms with Gasteiger partial charge in [-0.3, -0.25) is 9.29 Å². The van der Waals surface area contributed by atoms with Crippen molar-refractivity contribution in [2.24, 2.45) is 0 Å². The van der Waals surface area contributed by atoms with Crippen molar-refractivity contribution in [1.29, 1.82) is 0 Å². The zero-order valence-corrected chi connectivity index (χ0v) is 15.3. The highest BCUT2D eigenvalue weighted by Crippen LogP contribution is 2.27. The van der Waals surface area contributed by atoms with Crippen molar-refractivity contribution in [3.05, 3.63) is 69.9 Å². The Kier molecular flexibility index (Phi) is 4.92. The van der Waals surface area contributed by atoms with Gasteiger partial charge >= 0.3 is 0 Å². The van der Waals surface area contributed by atoms with Gasteiger partial charge in [-0.2, -0.15) is 0 Å². The van der Waals surface area contributed by atoms with E-state index in [9.17, 15) is 12.8 Å². The van der Waals surface area contributed by atoms with Gasteiger partial charge in [-0.05, 0) is 42.5 Å². The Balaban J connectivity index is 1.87. The Bertz CT molecular complexity index is 1040. The van der Waals surface area contributed by atoms with Gasteiger partial charge in [-0.15, -0.1) is 0 Å². The fraction of sp³-hybridized carbons (Fsp3) is 0. The molecule has 0 unspecified atom stereocenters. The van der Waals surface area contributed by atoms with Crippen LogP contribution in [-0.2, 0) is 10.0 Å². The normalized spacial score (nSPS) is 11.5. The van der Waals surface area contributed by atoms with Crippen molar-refractivity contribution in [1.82, 2.24) is 9.55 Å². The molecule has 5 nitrogen and oxygen atoms in total. The summed E-state index contributed by atoms with van der Waals surface area (Å²) in [5.74, 6) is -0.621. The smallest absolute Gasteiger partial charge is 0.263 e. The third-order valence-corrected chi connectivity index (χ3v) is 5.85. The van der Waals surface area contributed by atoms with Gasteiger partial charge in [0.25, 0.3) is 10.0 Å². The first-order valence-electron chi connectivity index (χ1n) is 6.74. The van der Waals surface area contributed by atoms with Crippen LogP contribution in [0.15, 0.2) is 53.7 Å². The second-order valence-electron chi connectivity index (χ2n) is 4.92. The zero-order chi connectivity index (χ0) is 18.2. The van der Waals surface area contributed by atoms with Gasteiger partial charge in [-0.1, -0.05) is 34.8 Å². The topological polar surface area (TPSA) is 64.0 Å². The third-order valence-electron chi connectivity index (χ3n) is 3.25. The minimum Gasteiger partial charge on any atom is -0.288 e. The van der Waals surface area contributed by atoms with Crippen LogP contribution in [0.25, 0.3) is 5.69 Å². The second-order valence-corrected chi connectivity index (χ2v) is 7.70. The Morgan fingerprint density at radius 3 is 2.28 bits per heavy atom. The Labute approximate surface area is 158 Å². The van der Waals surface area contributed by atoms with E-state index in [0.29, 0.717) is 11.4 Å². The molecule has 1 heterocycles. The summed E-state index contributed by atoms with van der Waals surface area (Å²) in [4.78, 5) is 3.65. The SMILES string of the molecule is O=S(=O)(Nc1ccc(-n2cnc(Cl)c2Cl)cc1)c1ccc(F)cc1Cl. The molecule has 0 saturated carbocycles. The quantitative estimate of drug-likeness (QED) is 0.661. The maximum Gasteiger partial charge on any atom is 0.263 e. The summed E-state index contributed by atoms with van der Waals surface area (Å²) < 4.78 is 41.7. The number of hydrogen-bond acceptors (Lipinski definition) is 3. The molecule has 0 atom stereocenters. The van der Waals surface area contributed by atoms with Crippen molar-refractivity contribution in [3.8, 4) is 5.69 Å². The van der Waals surface area contributed by atoms with E-state index in [-0.39, 0.29) is 20.2 Å². The van der Waals surface area contributed by atoms with Crippen LogP contribution < -0.4 is 4.72 Å². The lowest BCUT2D eigenvalue weighted by Gasteiger charge is -2.10. The first kappa shape index (κ1) is 18.0. The number of imidazole rings is 1. The zero-order valence-electron chi connectivity index (χ0n) is 12.2. The molecule has 0 saturated heterocycles. The average Bonchev–Trinajstić information content (AvgIpc) is 2.87. The van der Waals surface area contributed by atoms with Gasteiger partial charge in [0.2, 0.25) is 0 Å². The maximum atomic E-state index is 13.1. The molecule has 0 radical (unpaired) electrons. The Hall–Kier alpha value is -1.80. The highest BCUT2D eigenvalue weighted by atomic mass is 35.5. The van der Waals surface area contributed by atoms with Gasteiger partial charge in [0, 0.05) is 11.4 Å². The largest absolute Gasteiger partial charge is 0.288 e. The highest BCUT2D eigenvalue weighted by molar-refractivity contribution is 7.92. The highest BCUT2D eigenvalue weighted by Gasteiger charge is 2.18. The lowest BCUT2D eigenvalue weighted by molar-refractivity contribution is 0.600. The van der Waals surface area contributed by atoms with Gasteiger partial charge in [-0.25, -0.2) is 17.8 Å². The molecule has 3 aromatic rings. The average molecular weight is 421 g/mol. The van der Waals surface area contributed by atoms with E-state index in [4.69, 9.17) is 34.8 Å². The molecule has 0 aliphatic carbocycles. The van der Waals surface area contributed by atoms with Crippen LogP contribution >= 0.6 is 34.8 Å². The van der Waals surface area contributed by atoms with Crippen LogP contribution in [0, 0.1) is 5.82 Å². The molecule has 0 aliphatic heterocycles. The lowest BCUT2D eigenvalue weighted by atomic mass is 10.3. The number of sulfonamides is 1. The third kappa shape index (κ3) is 3.74. The minimum atomic E-state index is -3.96. The molecular formula is C15H9Cl3FN3O2S. The fourth-order valence-electron chi connectivity index (χ4n) is 2.09. The molecule has 0 spiro atoms. The van der Waals surface area contributed by atoms with Crippen molar-refractivity contribution >= 4 is 50.5 Å². The molecule has 0 bridgehead atoms. The van der Waals surface area contributed by atoms with Gasteiger partial charge in [0.1, 0.15) is 17.0 Å². The standard InChI is InChI=1S/C15H9Cl3FN3O2S/c16-12-7-9(19)1-6-13(12)25(23,24)21-10-2-4-11(5-3-10)22-8-20-14(17)15(22)18/h1-8,21H. The van der Waals surface area contributed by atoms with Crippen LogP contribution in [0.5, 0.6) is 0 Å². The van der Waals surface area contributed by atoms with Crippen LogP contribution in [-0.4, -0.2) is 18.0 Å². The summed E-state index contributed by atoms with van der Waals surface area (Å²) in [5.41, 5.74) is 0.943. The summed E-state index contributed by atoms with van der Waals surface area (Å²) in [7, 11) is -3.96. The minimum absolute atomic E-state index is 0.164. The first-order valence-corrected chi connectivity index (χ1v) is 9.36. The van der Waals surface area contributed by atoms with Crippen LogP contribution in [0.2, 0.25) is 15.3 Å². The van der Waals surface area contributed by atoms with Crippen LogP contribution in [0.1, 0.15) is 0 Å². The van der Waals surface area contributed by atoms with E-state index in [0.717, 1.165) is 18.2 Å². The summed E-state index contributed by atoms with van der Waals surface area (Å²) in [6.45, 7) is 0. The summed E-state index contributed by atoms with van der Waals surface area (Å²) in [5, 5.41) is 0.203. The van der Waals surface area contributed by atoms with E-state index >= 15 is 0 Å². The second kappa shape index (κ2) is 6.84. The van der Waals surface area contributed by atoms with E-state index in [1.807, 2.05) is 0 Å². The van der Waals surface area contributed by atoms with E-state index in [1.54, 1.807) is 16.7 Å². The number of aromatic nitrogens is 2. The number of nitrogens with zero attached hydrogens (tertiary/aromatic N) is 2. The molecular weight excluding hydrogens is 412 g/mol. The fourth-order valence-corrected chi connectivity index (χ4v) is 4.00.